The average molecular weight is 291 g/mol. The molecular formula is C14H13NO4S. The smallest absolute Gasteiger partial charge is 0.290 e. The van der Waals surface area contributed by atoms with Gasteiger partial charge in [0.25, 0.3) is 11.1 Å². The van der Waals surface area contributed by atoms with Crippen LogP contribution in [0, 0.1) is 0 Å². The van der Waals surface area contributed by atoms with E-state index in [1.807, 2.05) is 0 Å². The summed E-state index contributed by atoms with van der Waals surface area (Å²) in [4.78, 5) is 22.9. The van der Waals surface area contributed by atoms with Crippen LogP contribution in [0.15, 0.2) is 29.7 Å². The van der Waals surface area contributed by atoms with Crippen molar-refractivity contribution in [2.75, 3.05) is 7.11 Å². The number of ether oxygens (including phenoxy) is 1. The number of rotatable bonds is 4. The third-order valence-corrected chi connectivity index (χ3v) is 3.51. The van der Waals surface area contributed by atoms with E-state index in [9.17, 15) is 14.7 Å². The lowest BCUT2D eigenvalue weighted by Gasteiger charge is -2.09. The molecule has 5 nitrogen and oxygen atoms in total. The number of hydrogen-bond donors (Lipinski definition) is 2. The Bertz CT molecular complexity index is 622. The molecule has 1 aromatic carbocycles. The summed E-state index contributed by atoms with van der Waals surface area (Å²) in [5.41, 5.74) is 1.31. The highest BCUT2D eigenvalue weighted by Crippen LogP contribution is 2.34. The molecular weight excluding hydrogens is 278 g/mol. The zero-order valence-corrected chi connectivity index (χ0v) is 11.6. The van der Waals surface area contributed by atoms with Gasteiger partial charge in [-0.3, -0.25) is 14.9 Å². The van der Waals surface area contributed by atoms with E-state index >= 15 is 0 Å². The van der Waals surface area contributed by atoms with Gasteiger partial charge in [-0.2, -0.15) is 0 Å². The molecule has 0 aromatic heterocycles. The van der Waals surface area contributed by atoms with Gasteiger partial charge in [0, 0.05) is 5.56 Å². The molecule has 0 unspecified atom stereocenters. The summed E-state index contributed by atoms with van der Waals surface area (Å²) < 4.78 is 5.10. The minimum absolute atomic E-state index is 0.0501. The van der Waals surface area contributed by atoms with E-state index in [1.165, 1.54) is 7.11 Å². The van der Waals surface area contributed by atoms with Crippen LogP contribution in [0.1, 0.15) is 11.1 Å². The van der Waals surface area contributed by atoms with E-state index in [-0.39, 0.29) is 5.75 Å². The number of benzene rings is 1. The summed E-state index contributed by atoms with van der Waals surface area (Å²) in [6, 6.07) is 3.33. The molecule has 2 N–H and O–H groups in total. The van der Waals surface area contributed by atoms with Crippen LogP contribution in [0.2, 0.25) is 0 Å². The van der Waals surface area contributed by atoms with Crippen molar-refractivity contribution in [2.45, 2.75) is 6.42 Å². The average Bonchev–Trinajstić information content (AvgIpc) is 2.71. The highest BCUT2D eigenvalue weighted by atomic mass is 32.2. The summed E-state index contributed by atoms with van der Waals surface area (Å²) >= 11 is 0.843. The molecule has 1 aromatic rings. The number of phenolic OH excluding ortho intramolecular Hbond substituents is 1. The summed E-state index contributed by atoms with van der Waals surface area (Å²) in [5.74, 6) is -0.0580. The highest BCUT2D eigenvalue weighted by Gasteiger charge is 2.25. The molecule has 0 saturated carbocycles. The Morgan fingerprint density at radius 1 is 1.45 bits per heavy atom. The number of phenols is 1. The Morgan fingerprint density at radius 3 is 2.75 bits per heavy atom. The number of hydrogen-bond acceptors (Lipinski definition) is 5. The number of nitrogens with one attached hydrogen (secondary N) is 1. The Kier molecular flexibility index (Phi) is 4.14. The Morgan fingerprint density at radius 2 is 2.20 bits per heavy atom. The molecule has 1 aliphatic heterocycles. The number of allylic oxidation sites excluding steroid dienone is 1. The molecule has 6 heteroatoms. The van der Waals surface area contributed by atoms with Crippen molar-refractivity contribution in [1.29, 1.82) is 0 Å². The molecule has 104 valence electrons. The predicted molar refractivity (Wildman–Crippen MR) is 77.7 cm³/mol. The second-order valence-corrected chi connectivity index (χ2v) is 5.09. The molecule has 1 heterocycles. The lowest BCUT2D eigenvalue weighted by atomic mass is 10.1. The second-order valence-electron chi connectivity index (χ2n) is 4.08. The van der Waals surface area contributed by atoms with Crippen LogP contribution in [0.5, 0.6) is 11.5 Å². The molecule has 0 radical (unpaired) electrons. The Hall–Kier alpha value is -2.21. The monoisotopic (exact) mass is 291 g/mol. The molecule has 1 saturated heterocycles. The second kappa shape index (κ2) is 5.83. The molecule has 2 amide bonds. The van der Waals surface area contributed by atoms with Gasteiger partial charge >= 0.3 is 0 Å². The van der Waals surface area contributed by atoms with Gasteiger partial charge in [-0.1, -0.05) is 6.08 Å². The van der Waals surface area contributed by atoms with Crippen molar-refractivity contribution < 1.29 is 19.4 Å². The van der Waals surface area contributed by atoms with E-state index in [0.717, 1.165) is 11.8 Å². The van der Waals surface area contributed by atoms with Crippen LogP contribution in [-0.2, 0) is 11.2 Å². The molecule has 2 rings (SSSR count). The quantitative estimate of drug-likeness (QED) is 0.658. The van der Waals surface area contributed by atoms with Crippen molar-refractivity contribution in [3.05, 3.63) is 40.8 Å². The van der Waals surface area contributed by atoms with Gasteiger partial charge in [0.05, 0.1) is 12.0 Å². The first-order valence-electron chi connectivity index (χ1n) is 5.80. The fraction of sp³-hybridized carbons (Fsp3) is 0.143. The topological polar surface area (TPSA) is 75.6 Å². The molecule has 0 spiro atoms. The van der Waals surface area contributed by atoms with Crippen molar-refractivity contribution in [2.24, 2.45) is 0 Å². The number of carbonyl (C=O) groups excluding carboxylic acids is 2. The minimum atomic E-state index is -0.419. The van der Waals surface area contributed by atoms with Gasteiger partial charge in [-0.15, -0.1) is 6.58 Å². The van der Waals surface area contributed by atoms with Gasteiger partial charge in [-0.05, 0) is 42.0 Å². The fourth-order valence-electron chi connectivity index (χ4n) is 1.81. The maximum atomic E-state index is 11.5. The van der Waals surface area contributed by atoms with Crippen molar-refractivity contribution in [3.8, 4) is 11.5 Å². The summed E-state index contributed by atoms with van der Waals surface area (Å²) in [6.45, 7) is 3.63. The zero-order chi connectivity index (χ0) is 14.7. The normalized spacial score (nSPS) is 16.4. The third-order valence-electron chi connectivity index (χ3n) is 2.70. The number of carbonyl (C=O) groups is 2. The molecule has 1 aliphatic rings. The van der Waals surface area contributed by atoms with Gasteiger partial charge < -0.3 is 9.84 Å². The largest absolute Gasteiger partial charge is 0.504 e. The highest BCUT2D eigenvalue weighted by molar-refractivity contribution is 8.18. The van der Waals surface area contributed by atoms with E-state index in [4.69, 9.17) is 4.74 Å². The van der Waals surface area contributed by atoms with Crippen molar-refractivity contribution in [3.63, 3.8) is 0 Å². The van der Waals surface area contributed by atoms with Gasteiger partial charge in [0.2, 0.25) is 0 Å². The van der Waals surface area contributed by atoms with Crippen molar-refractivity contribution >= 4 is 29.0 Å². The predicted octanol–water partition coefficient (Wildman–Crippen LogP) is 2.45. The molecule has 0 bridgehead atoms. The maximum Gasteiger partial charge on any atom is 0.290 e. The lowest BCUT2D eigenvalue weighted by molar-refractivity contribution is -0.115. The molecule has 0 atom stereocenters. The van der Waals surface area contributed by atoms with E-state index < -0.39 is 11.1 Å². The van der Waals surface area contributed by atoms with Gasteiger partial charge in [-0.25, -0.2) is 0 Å². The van der Waals surface area contributed by atoms with Crippen LogP contribution < -0.4 is 10.1 Å². The van der Waals surface area contributed by atoms with Crippen LogP contribution in [0.4, 0.5) is 4.79 Å². The van der Waals surface area contributed by atoms with Gasteiger partial charge in [0.15, 0.2) is 11.5 Å². The Labute approximate surface area is 120 Å². The van der Waals surface area contributed by atoms with Crippen LogP contribution >= 0.6 is 11.8 Å². The minimum Gasteiger partial charge on any atom is -0.504 e. The molecule has 20 heavy (non-hydrogen) atoms. The first-order chi connectivity index (χ1) is 9.55. The van der Waals surface area contributed by atoms with Gasteiger partial charge in [0.1, 0.15) is 0 Å². The van der Waals surface area contributed by atoms with E-state index in [1.54, 1.807) is 24.3 Å². The number of amides is 2. The third kappa shape index (κ3) is 2.85. The summed E-state index contributed by atoms with van der Waals surface area (Å²) in [5, 5.41) is 11.8. The lowest BCUT2D eigenvalue weighted by Crippen LogP contribution is -2.17. The summed E-state index contributed by atoms with van der Waals surface area (Å²) in [7, 11) is 1.45. The first-order valence-corrected chi connectivity index (χ1v) is 6.62. The van der Waals surface area contributed by atoms with Crippen LogP contribution in [0.3, 0.4) is 0 Å². The summed E-state index contributed by atoms with van der Waals surface area (Å²) in [6.07, 6.45) is 3.71. The SMILES string of the molecule is C=CCc1cc(/C=C2/SC(=O)NC2=O)cc(OC)c1O. The number of aromatic hydroxyl groups is 1. The van der Waals surface area contributed by atoms with E-state index in [2.05, 4.69) is 11.9 Å². The maximum absolute atomic E-state index is 11.5. The number of thioether (sulfide) groups is 1. The standard InChI is InChI=1S/C14H13NO4S/c1-3-4-9-5-8(6-10(19-2)12(9)16)7-11-13(17)15-14(18)20-11/h3,5-7,16H,1,4H2,2H3,(H,15,17,18)/b11-7+. The molecule has 0 aliphatic carbocycles. The number of methoxy groups -OCH3 is 1. The van der Waals surface area contributed by atoms with Crippen LogP contribution in [0.25, 0.3) is 6.08 Å². The van der Waals surface area contributed by atoms with E-state index in [0.29, 0.717) is 28.2 Å². The molecule has 1 fully saturated rings. The number of imide groups is 1. The van der Waals surface area contributed by atoms with Crippen molar-refractivity contribution in [1.82, 2.24) is 5.32 Å². The fourth-order valence-corrected chi connectivity index (χ4v) is 2.49. The zero-order valence-electron chi connectivity index (χ0n) is 10.8. The Balaban J connectivity index is 2.44. The first kappa shape index (κ1) is 14.2. The van der Waals surface area contributed by atoms with Crippen LogP contribution in [-0.4, -0.2) is 23.4 Å².